The third-order valence-electron chi connectivity index (χ3n) is 5.30. The number of hydrogen-bond acceptors (Lipinski definition) is 0. The molecule has 3 aromatic carbocycles. The van der Waals surface area contributed by atoms with Crippen molar-refractivity contribution in [3.05, 3.63) is 81.3 Å². The zero-order chi connectivity index (χ0) is 19.4. The number of halogens is 1. The summed E-state index contributed by atoms with van der Waals surface area (Å²) in [7, 11) is 0. The second kappa shape index (κ2) is 8.89. The first kappa shape index (κ1) is 19.9. The van der Waals surface area contributed by atoms with Crippen LogP contribution < -0.4 is 0 Å². The van der Waals surface area contributed by atoms with Crippen molar-refractivity contribution in [3.63, 3.8) is 0 Å². The van der Waals surface area contributed by atoms with Crippen LogP contribution in [0.4, 0.5) is 0 Å². The van der Waals surface area contributed by atoms with Gasteiger partial charge in [-0.15, -0.1) is 0 Å². The van der Waals surface area contributed by atoms with E-state index in [2.05, 4.69) is 98.2 Å². The van der Waals surface area contributed by atoms with E-state index < -0.39 is 0 Å². The van der Waals surface area contributed by atoms with Crippen molar-refractivity contribution >= 4 is 15.9 Å². The molecule has 0 aliphatic heterocycles. The van der Waals surface area contributed by atoms with Gasteiger partial charge in [0.15, 0.2) is 0 Å². The van der Waals surface area contributed by atoms with Gasteiger partial charge in [0, 0.05) is 4.47 Å². The second-order valence-electron chi connectivity index (χ2n) is 7.22. The van der Waals surface area contributed by atoms with Gasteiger partial charge >= 0.3 is 0 Å². The van der Waals surface area contributed by atoms with Gasteiger partial charge in [-0.2, -0.15) is 0 Å². The predicted octanol–water partition coefficient (Wildman–Crippen LogP) is 8.03. The van der Waals surface area contributed by atoms with Crippen molar-refractivity contribution in [2.24, 2.45) is 0 Å². The molecule has 0 heterocycles. The Morgan fingerprint density at radius 3 is 1.04 bits per heavy atom. The molecule has 0 saturated carbocycles. The summed E-state index contributed by atoms with van der Waals surface area (Å²) in [4.78, 5) is 0. The highest BCUT2D eigenvalue weighted by Gasteiger charge is 2.08. The fourth-order valence-electron chi connectivity index (χ4n) is 3.60. The van der Waals surface area contributed by atoms with Crippen LogP contribution in [0.1, 0.15) is 49.9 Å². The Morgan fingerprint density at radius 2 is 0.741 bits per heavy atom. The molecule has 0 fully saturated rings. The normalized spacial score (nSPS) is 11.0. The highest BCUT2D eigenvalue weighted by Crippen LogP contribution is 2.33. The Balaban J connectivity index is 2.13. The van der Waals surface area contributed by atoms with Crippen LogP contribution in [0, 0.1) is 0 Å². The van der Waals surface area contributed by atoms with Crippen LogP contribution in [-0.4, -0.2) is 0 Å². The Labute approximate surface area is 172 Å². The lowest BCUT2D eigenvalue weighted by atomic mass is 9.93. The molecular weight excluding hydrogens is 392 g/mol. The standard InChI is InChI=1S/C26H29Br/c1-5-18-9-19(6-2)12-22(11-18)24-15-25(17-26(27)16-24)23-13-20(7-3)10-21(8-4)14-23/h9-17H,5-8H2,1-4H3. The van der Waals surface area contributed by atoms with Crippen LogP contribution in [-0.2, 0) is 25.7 Å². The Hall–Kier alpha value is -1.86. The molecule has 140 valence electrons. The van der Waals surface area contributed by atoms with Gasteiger partial charge in [0.05, 0.1) is 0 Å². The highest BCUT2D eigenvalue weighted by molar-refractivity contribution is 9.10. The average Bonchev–Trinajstić information content (AvgIpc) is 2.72. The number of benzene rings is 3. The molecule has 3 rings (SSSR count). The monoisotopic (exact) mass is 420 g/mol. The molecule has 0 N–H and O–H groups in total. The lowest BCUT2D eigenvalue weighted by Crippen LogP contribution is -1.91. The van der Waals surface area contributed by atoms with Crippen LogP contribution in [0.3, 0.4) is 0 Å². The first-order chi connectivity index (χ1) is 13.1. The Morgan fingerprint density at radius 1 is 0.444 bits per heavy atom. The van der Waals surface area contributed by atoms with Crippen molar-refractivity contribution < 1.29 is 0 Å². The second-order valence-corrected chi connectivity index (χ2v) is 8.13. The van der Waals surface area contributed by atoms with Crippen molar-refractivity contribution in [1.82, 2.24) is 0 Å². The van der Waals surface area contributed by atoms with E-state index in [9.17, 15) is 0 Å². The summed E-state index contributed by atoms with van der Waals surface area (Å²) in [5.41, 5.74) is 10.8. The van der Waals surface area contributed by atoms with Gasteiger partial charge in [0.2, 0.25) is 0 Å². The first-order valence-corrected chi connectivity index (χ1v) is 10.9. The summed E-state index contributed by atoms with van der Waals surface area (Å²) in [6.45, 7) is 8.92. The third-order valence-corrected chi connectivity index (χ3v) is 5.76. The average molecular weight is 421 g/mol. The minimum absolute atomic E-state index is 1.07. The minimum atomic E-state index is 1.07. The smallest absolute Gasteiger partial charge is 0.0187 e. The van der Waals surface area contributed by atoms with Gasteiger partial charge in [-0.25, -0.2) is 0 Å². The van der Waals surface area contributed by atoms with Crippen LogP contribution >= 0.6 is 15.9 Å². The van der Waals surface area contributed by atoms with Gasteiger partial charge in [-0.1, -0.05) is 80.0 Å². The van der Waals surface area contributed by atoms with Crippen molar-refractivity contribution in [2.75, 3.05) is 0 Å². The van der Waals surface area contributed by atoms with E-state index in [1.165, 1.54) is 44.5 Å². The SMILES string of the molecule is CCc1cc(CC)cc(-c2cc(Br)cc(-c3cc(CC)cc(CC)c3)c2)c1. The molecular formula is C26H29Br. The quantitative estimate of drug-likeness (QED) is 0.378. The van der Waals surface area contributed by atoms with Crippen LogP contribution in [0.15, 0.2) is 59.1 Å². The van der Waals surface area contributed by atoms with Gasteiger partial charge < -0.3 is 0 Å². The zero-order valence-corrected chi connectivity index (χ0v) is 18.5. The largest absolute Gasteiger partial charge is 0.0613 e. The van der Waals surface area contributed by atoms with Gasteiger partial charge in [0.1, 0.15) is 0 Å². The minimum Gasteiger partial charge on any atom is -0.0613 e. The maximum atomic E-state index is 3.75. The molecule has 0 atom stereocenters. The number of hydrogen-bond donors (Lipinski definition) is 0. The molecule has 0 bridgehead atoms. The van der Waals surface area contributed by atoms with E-state index >= 15 is 0 Å². The molecule has 0 aromatic heterocycles. The lowest BCUT2D eigenvalue weighted by molar-refractivity contribution is 1.09. The maximum absolute atomic E-state index is 3.75. The Bertz CT molecular complexity index is 819. The summed E-state index contributed by atoms with van der Waals surface area (Å²) in [6, 6.07) is 20.8. The van der Waals surface area contributed by atoms with Gasteiger partial charge in [-0.05, 0) is 88.4 Å². The van der Waals surface area contributed by atoms with Crippen molar-refractivity contribution in [3.8, 4) is 22.3 Å². The fraction of sp³-hybridized carbons (Fsp3) is 0.308. The summed E-state index contributed by atoms with van der Waals surface area (Å²) in [6.07, 6.45) is 4.28. The fourth-order valence-corrected chi connectivity index (χ4v) is 4.09. The van der Waals surface area contributed by atoms with E-state index in [0.29, 0.717) is 0 Å². The van der Waals surface area contributed by atoms with Crippen LogP contribution in [0.2, 0.25) is 0 Å². The van der Waals surface area contributed by atoms with E-state index in [4.69, 9.17) is 0 Å². The molecule has 0 aliphatic carbocycles. The van der Waals surface area contributed by atoms with Gasteiger partial charge in [0.25, 0.3) is 0 Å². The predicted molar refractivity (Wildman–Crippen MR) is 123 cm³/mol. The van der Waals surface area contributed by atoms with E-state index in [1.807, 2.05) is 0 Å². The molecule has 0 nitrogen and oxygen atoms in total. The third kappa shape index (κ3) is 4.71. The molecule has 0 spiro atoms. The topological polar surface area (TPSA) is 0 Å². The molecule has 0 saturated heterocycles. The Kier molecular flexibility index (Phi) is 6.55. The molecule has 0 unspecified atom stereocenters. The summed E-state index contributed by atoms with van der Waals surface area (Å²) >= 11 is 3.75. The number of rotatable bonds is 6. The maximum Gasteiger partial charge on any atom is 0.0187 e. The van der Waals surface area contributed by atoms with Crippen molar-refractivity contribution in [2.45, 2.75) is 53.4 Å². The van der Waals surface area contributed by atoms with E-state index in [-0.39, 0.29) is 0 Å². The van der Waals surface area contributed by atoms with Crippen LogP contribution in [0.5, 0.6) is 0 Å². The number of aryl methyl sites for hydroxylation is 4. The van der Waals surface area contributed by atoms with Crippen molar-refractivity contribution in [1.29, 1.82) is 0 Å². The van der Waals surface area contributed by atoms with E-state index in [1.54, 1.807) is 0 Å². The molecule has 0 radical (unpaired) electrons. The molecule has 3 aromatic rings. The van der Waals surface area contributed by atoms with Gasteiger partial charge in [-0.3, -0.25) is 0 Å². The first-order valence-electron chi connectivity index (χ1n) is 10.1. The van der Waals surface area contributed by atoms with Crippen LogP contribution in [0.25, 0.3) is 22.3 Å². The molecule has 1 heteroatoms. The summed E-state index contributed by atoms with van der Waals surface area (Å²) in [5, 5.41) is 0. The lowest BCUT2D eigenvalue weighted by Gasteiger charge is -2.13. The zero-order valence-electron chi connectivity index (χ0n) is 16.9. The summed E-state index contributed by atoms with van der Waals surface area (Å²) < 4.78 is 1.13. The van der Waals surface area contributed by atoms with E-state index in [0.717, 1.165) is 30.2 Å². The highest BCUT2D eigenvalue weighted by atomic mass is 79.9. The molecule has 0 amide bonds. The summed E-state index contributed by atoms with van der Waals surface area (Å²) in [5.74, 6) is 0. The molecule has 0 aliphatic rings. The molecule has 27 heavy (non-hydrogen) atoms.